The van der Waals surface area contributed by atoms with Crippen molar-refractivity contribution in [3.63, 3.8) is 0 Å². The van der Waals surface area contributed by atoms with Gasteiger partial charge in [0.05, 0.1) is 0 Å². The Morgan fingerprint density at radius 3 is 2.81 bits per heavy atom. The van der Waals surface area contributed by atoms with E-state index in [0.29, 0.717) is 31.2 Å². The number of aromatic nitrogens is 3. The van der Waals surface area contributed by atoms with Crippen molar-refractivity contribution < 1.29 is 4.79 Å². The Morgan fingerprint density at radius 1 is 1.33 bits per heavy atom. The molecule has 1 amide bonds. The number of carbonyl (C=O) groups excluding carboxylic acids is 1. The van der Waals surface area contributed by atoms with Crippen LogP contribution in [0.2, 0.25) is 0 Å². The molecule has 8 nitrogen and oxygen atoms in total. The van der Waals surface area contributed by atoms with Crippen LogP contribution in [0.5, 0.6) is 0 Å². The third-order valence-corrected chi connectivity index (χ3v) is 4.10. The molecule has 0 radical (unpaired) electrons. The lowest BCUT2D eigenvalue weighted by molar-refractivity contribution is 0.0963. The molecule has 0 aliphatic rings. The van der Waals surface area contributed by atoms with Crippen LogP contribution in [0.3, 0.4) is 0 Å². The molecule has 8 heteroatoms. The fourth-order valence-corrected chi connectivity index (χ4v) is 2.42. The number of nitrogens with zero attached hydrogens (tertiary/aromatic N) is 4. The van der Waals surface area contributed by atoms with Crippen LogP contribution in [0.1, 0.15) is 27.6 Å². The minimum Gasteiger partial charge on any atom is -0.356 e. The molecule has 1 heterocycles. The zero-order valence-corrected chi connectivity index (χ0v) is 16.1. The first-order valence-corrected chi connectivity index (χ1v) is 8.84. The summed E-state index contributed by atoms with van der Waals surface area (Å²) in [4.78, 5) is 16.3. The van der Waals surface area contributed by atoms with Gasteiger partial charge in [-0.3, -0.25) is 4.79 Å². The topological polar surface area (TPSA) is 96.2 Å². The minimum atomic E-state index is -0.0846. The average Bonchev–Trinajstić information content (AvgIpc) is 3.01. The standard InChI is InChI=1S/C19H27N7O/c1-5-10-21-19(23-13-17-25-24-14(2)26(17)4)22-11-9-15-7-6-8-16(12-15)18(27)20-3/h5-8,12H,1,9-11,13H2,2-4H3,(H,20,27)(H2,21,22,23). The molecule has 27 heavy (non-hydrogen) atoms. The van der Waals surface area contributed by atoms with Crippen LogP contribution in [-0.4, -0.2) is 46.8 Å². The first-order valence-electron chi connectivity index (χ1n) is 8.84. The van der Waals surface area contributed by atoms with Gasteiger partial charge in [-0.25, -0.2) is 4.99 Å². The van der Waals surface area contributed by atoms with Crippen LogP contribution in [0.4, 0.5) is 0 Å². The van der Waals surface area contributed by atoms with Crippen LogP contribution < -0.4 is 16.0 Å². The summed E-state index contributed by atoms with van der Waals surface area (Å²) in [6.07, 6.45) is 2.54. The average molecular weight is 369 g/mol. The van der Waals surface area contributed by atoms with E-state index in [0.717, 1.165) is 23.6 Å². The van der Waals surface area contributed by atoms with Crippen LogP contribution in [0, 0.1) is 6.92 Å². The second-order valence-corrected chi connectivity index (χ2v) is 6.01. The lowest BCUT2D eigenvalue weighted by Gasteiger charge is -2.12. The molecule has 0 atom stereocenters. The highest BCUT2D eigenvalue weighted by molar-refractivity contribution is 5.94. The molecule has 2 rings (SSSR count). The van der Waals surface area contributed by atoms with E-state index in [-0.39, 0.29) is 5.91 Å². The van der Waals surface area contributed by atoms with E-state index in [1.165, 1.54) is 0 Å². The molecule has 1 aromatic carbocycles. The Hall–Kier alpha value is -3.16. The van der Waals surface area contributed by atoms with Gasteiger partial charge in [-0.1, -0.05) is 18.2 Å². The van der Waals surface area contributed by atoms with E-state index in [9.17, 15) is 4.79 Å². The Labute approximate surface area is 159 Å². The maximum absolute atomic E-state index is 11.7. The van der Waals surface area contributed by atoms with Crippen LogP contribution in [0.15, 0.2) is 41.9 Å². The van der Waals surface area contributed by atoms with E-state index >= 15 is 0 Å². The van der Waals surface area contributed by atoms with E-state index < -0.39 is 0 Å². The van der Waals surface area contributed by atoms with Crippen molar-refractivity contribution in [2.45, 2.75) is 19.9 Å². The summed E-state index contributed by atoms with van der Waals surface area (Å²) in [6.45, 7) is 7.34. The minimum absolute atomic E-state index is 0.0846. The van der Waals surface area contributed by atoms with Gasteiger partial charge in [0.15, 0.2) is 11.8 Å². The summed E-state index contributed by atoms with van der Waals surface area (Å²) >= 11 is 0. The third kappa shape index (κ3) is 5.95. The maximum Gasteiger partial charge on any atom is 0.251 e. The van der Waals surface area contributed by atoms with Gasteiger partial charge in [-0.15, -0.1) is 16.8 Å². The molecule has 0 spiro atoms. The highest BCUT2D eigenvalue weighted by Gasteiger charge is 2.06. The van der Waals surface area contributed by atoms with Gasteiger partial charge in [0.25, 0.3) is 5.91 Å². The van der Waals surface area contributed by atoms with E-state index in [1.807, 2.05) is 36.7 Å². The van der Waals surface area contributed by atoms with Gasteiger partial charge >= 0.3 is 0 Å². The van der Waals surface area contributed by atoms with Crippen molar-refractivity contribution in [2.24, 2.45) is 12.0 Å². The number of guanidine groups is 1. The first kappa shape index (κ1) is 20.2. The maximum atomic E-state index is 11.7. The van der Waals surface area contributed by atoms with Gasteiger partial charge in [0, 0.05) is 32.7 Å². The summed E-state index contributed by atoms with van der Waals surface area (Å²) in [5.41, 5.74) is 1.74. The predicted molar refractivity (Wildman–Crippen MR) is 107 cm³/mol. The summed E-state index contributed by atoms with van der Waals surface area (Å²) in [6, 6.07) is 7.60. The molecule has 0 saturated carbocycles. The normalized spacial score (nSPS) is 11.1. The van der Waals surface area contributed by atoms with Gasteiger partial charge < -0.3 is 20.5 Å². The number of hydrogen-bond donors (Lipinski definition) is 3. The number of aliphatic imine (C=N–C) groups is 1. The summed E-state index contributed by atoms with van der Waals surface area (Å²) < 4.78 is 1.92. The fraction of sp³-hybridized carbons (Fsp3) is 0.368. The lowest BCUT2D eigenvalue weighted by atomic mass is 10.1. The Morgan fingerprint density at radius 2 is 2.15 bits per heavy atom. The number of carbonyl (C=O) groups is 1. The number of benzene rings is 1. The summed E-state index contributed by atoms with van der Waals surface area (Å²) in [5, 5.41) is 17.3. The van der Waals surface area contributed by atoms with Crippen molar-refractivity contribution in [1.29, 1.82) is 0 Å². The summed E-state index contributed by atoms with van der Waals surface area (Å²) in [5.74, 6) is 2.24. The molecule has 0 bridgehead atoms. The largest absolute Gasteiger partial charge is 0.356 e. The SMILES string of the molecule is C=CCNC(=NCc1nnc(C)n1C)NCCc1cccc(C(=O)NC)c1. The highest BCUT2D eigenvalue weighted by Crippen LogP contribution is 2.06. The second-order valence-electron chi connectivity index (χ2n) is 6.01. The van der Waals surface area contributed by atoms with Crippen LogP contribution >= 0.6 is 0 Å². The van der Waals surface area contributed by atoms with E-state index in [2.05, 4.69) is 37.7 Å². The number of hydrogen-bond acceptors (Lipinski definition) is 4. The van der Waals surface area contributed by atoms with E-state index in [1.54, 1.807) is 19.2 Å². The Kier molecular flexibility index (Phi) is 7.54. The molecule has 0 fully saturated rings. The van der Waals surface area contributed by atoms with Crippen molar-refractivity contribution in [1.82, 2.24) is 30.7 Å². The monoisotopic (exact) mass is 369 g/mol. The molecule has 0 unspecified atom stereocenters. The highest BCUT2D eigenvalue weighted by atomic mass is 16.1. The molecule has 3 N–H and O–H groups in total. The van der Waals surface area contributed by atoms with E-state index in [4.69, 9.17) is 0 Å². The van der Waals surface area contributed by atoms with Crippen molar-refractivity contribution in [3.05, 3.63) is 59.7 Å². The quantitative estimate of drug-likeness (QED) is 0.366. The zero-order chi connectivity index (χ0) is 19.6. The number of aryl methyl sites for hydroxylation is 1. The molecule has 2 aromatic rings. The van der Waals surface area contributed by atoms with Crippen molar-refractivity contribution >= 4 is 11.9 Å². The molecule has 0 aliphatic carbocycles. The van der Waals surface area contributed by atoms with Gasteiger partial charge in [-0.05, 0) is 31.0 Å². The lowest BCUT2D eigenvalue weighted by Crippen LogP contribution is -2.38. The predicted octanol–water partition coefficient (Wildman–Crippen LogP) is 0.947. The molecular formula is C19H27N7O. The van der Waals surface area contributed by atoms with Gasteiger partial charge in [0.2, 0.25) is 0 Å². The van der Waals surface area contributed by atoms with Crippen molar-refractivity contribution in [3.8, 4) is 0 Å². The number of amides is 1. The molecular weight excluding hydrogens is 342 g/mol. The Bertz CT molecular complexity index is 810. The summed E-state index contributed by atoms with van der Waals surface area (Å²) in [7, 11) is 3.55. The zero-order valence-electron chi connectivity index (χ0n) is 16.1. The third-order valence-electron chi connectivity index (χ3n) is 4.10. The van der Waals surface area contributed by atoms with Gasteiger partial charge in [0.1, 0.15) is 12.4 Å². The Balaban J connectivity index is 1.96. The van der Waals surface area contributed by atoms with Crippen LogP contribution in [-0.2, 0) is 20.0 Å². The second kappa shape index (κ2) is 10.1. The van der Waals surface area contributed by atoms with Gasteiger partial charge in [-0.2, -0.15) is 0 Å². The fourth-order valence-electron chi connectivity index (χ4n) is 2.42. The first-order chi connectivity index (χ1) is 13.0. The number of nitrogens with one attached hydrogen (secondary N) is 3. The number of rotatable bonds is 8. The van der Waals surface area contributed by atoms with Crippen LogP contribution in [0.25, 0.3) is 0 Å². The molecule has 1 aromatic heterocycles. The molecule has 144 valence electrons. The molecule has 0 saturated heterocycles. The van der Waals surface area contributed by atoms with Crippen molar-refractivity contribution in [2.75, 3.05) is 20.1 Å². The smallest absolute Gasteiger partial charge is 0.251 e. The molecule has 0 aliphatic heterocycles.